The topological polar surface area (TPSA) is 58.9 Å². The van der Waals surface area contributed by atoms with Crippen LogP contribution in [0.5, 0.6) is 0 Å². The lowest BCUT2D eigenvalue weighted by molar-refractivity contribution is 0.0997. The Kier molecular flexibility index (Phi) is 2.30. The van der Waals surface area contributed by atoms with Gasteiger partial charge in [-0.15, -0.1) is 0 Å². The van der Waals surface area contributed by atoms with Gasteiger partial charge >= 0.3 is 0 Å². The number of rotatable bonds is 2. The summed E-state index contributed by atoms with van der Waals surface area (Å²) in [6.07, 6.45) is 4.00. The lowest BCUT2D eigenvalue weighted by atomic mass is 10.2. The fraction of sp³-hybridized carbons (Fsp3) is 0. The van der Waals surface area contributed by atoms with Crippen LogP contribution in [0.1, 0.15) is 16.1 Å². The summed E-state index contributed by atoms with van der Waals surface area (Å²) in [6.45, 7) is 0. The number of hydrogen-bond acceptors (Lipinski definition) is 1. The van der Waals surface area contributed by atoms with Crippen LogP contribution in [0.4, 0.5) is 0 Å². The molecule has 1 aliphatic heterocycles. The average molecular weight is 244 g/mol. The van der Waals surface area contributed by atoms with Crippen LogP contribution in [0.15, 0.2) is 51.7 Å². The molecule has 3 nitrogen and oxygen atoms in total. The van der Waals surface area contributed by atoms with Crippen molar-refractivity contribution in [3.63, 3.8) is 0 Å². The van der Waals surface area contributed by atoms with Crippen LogP contribution in [-0.2, 0) is 0 Å². The fourth-order valence-electron chi connectivity index (χ4n) is 2.05. The first-order valence-corrected chi connectivity index (χ1v) is 6.72. The van der Waals surface area contributed by atoms with E-state index in [4.69, 9.17) is 5.73 Å². The van der Waals surface area contributed by atoms with E-state index in [9.17, 15) is 4.79 Å². The van der Waals surface area contributed by atoms with Crippen molar-refractivity contribution in [2.45, 2.75) is 9.79 Å². The van der Waals surface area contributed by atoms with Gasteiger partial charge in [-0.3, -0.25) is 4.79 Å². The van der Waals surface area contributed by atoms with Crippen LogP contribution < -0.4 is 5.73 Å². The maximum Gasteiger partial charge on any atom is 0.249 e. The van der Waals surface area contributed by atoms with Crippen LogP contribution >= 0.6 is 10.9 Å². The van der Waals surface area contributed by atoms with E-state index in [2.05, 4.69) is 22.5 Å². The van der Waals surface area contributed by atoms with Gasteiger partial charge in [0.05, 0.1) is 11.3 Å². The highest BCUT2D eigenvalue weighted by Crippen LogP contribution is 2.52. The second kappa shape index (κ2) is 3.82. The molecule has 1 unspecified atom stereocenters. The van der Waals surface area contributed by atoms with Gasteiger partial charge in [0.25, 0.3) is 0 Å². The van der Waals surface area contributed by atoms with Gasteiger partial charge in [0, 0.05) is 16.0 Å². The first kappa shape index (κ1) is 10.2. The number of benzene rings is 1. The van der Waals surface area contributed by atoms with Gasteiger partial charge < -0.3 is 10.7 Å². The second-order valence-electron chi connectivity index (χ2n) is 3.84. The zero-order chi connectivity index (χ0) is 11.8. The Labute approximate surface area is 102 Å². The molecule has 2 heterocycles. The molecule has 17 heavy (non-hydrogen) atoms. The smallest absolute Gasteiger partial charge is 0.249 e. The molecule has 4 heteroatoms. The van der Waals surface area contributed by atoms with Crippen LogP contribution in [0.2, 0.25) is 0 Å². The summed E-state index contributed by atoms with van der Waals surface area (Å²) in [5, 5.41) is 2.15. The van der Waals surface area contributed by atoms with Crippen molar-refractivity contribution < 1.29 is 4.79 Å². The summed E-state index contributed by atoms with van der Waals surface area (Å²) in [5.41, 5.74) is 7.17. The number of carbonyl (C=O) groups excluding carboxylic acids is 1. The van der Waals surface area contributed by atoms with Crippen LogP contribution in [0.3, 0.4) is 0 Å². The maximum absolute atomic E-state index is 11.4. The number of aromatic nitrogens is 1. The molecule has 3 rings (SSSR count). The van der Waals surface area contributed by atoms with Crippen molar-refractivity contribution in [2.24, 2.45) is 5.73 Å². The number of primary amides is 1. The number of carbonyl (C=O) groups is 1. The summed E-state index contributed by atoms with van der Waals surface area (Å²) in [7, 11) is -0.585. The number of thiol groups is 1. The van der Waals surface area contributed by atoms with E-state index in [0.29, 0.717) is 5.56 Å². The molecule has 0 fully saturated rings. The Morgan fingerprint density at radius 3 is 2.82 bits per heavy atom. The number of amides is 1. The van der Waals surface area contributed by atoms with Gasteiger partial charge in [0.2, 0.25) is 5.91 Å². The first-order chi connectivity index (χ1) is 8.27. The van der Waals surface area contributed by atoms with Gasteiger partial charge in [0.1, 0.15) is 0 Å². The molecule has 0 saturated heterocycles. The zero-order valence-electron chi connectivity index (χ0n) is 9.05. The summed E-state index contributed by atoms with van der Waals surface area (Å²) in [4.78, 5) is 16.9. The maximum atomic E-state index is 11.4. The highest BCUT2D eigenvalue weighted by atomic mass is 32.2. The number of nitrogens with two attached hydrogens (primary N) is 1. The molecule has 0 aliphatic carbocycles. The molecule has 2 aromatic rings. The molecule has 1 aromatic carbocycles. The molecular formula is C13H12N2OS. The van der Waals surface area contributed by atoms with E-state index < -0.39 is 10.9 Å². The standard InChI is InChI=1S/C13H12N2OS/c14-13(16)9-3-1-2-4-11(9)17-8-6-10-12(17)5-7-15-10/h1-8,15,17H,(H2,14,16). The van der Waals surface area contributed by atoms with E-state index >= 15 is 0 Å². The second-order valence-corrected chi connectivity index (χ2v) is 5.85. The Hall–Kier alpha value is -1.94. The Morgan fingerprint density at radius 1 is 1.18 bits per heavy atom. The number of fused-ring (bicyclic) bond motifs is 1. The van der Waals surface area contributed by atoms with E-state index in [-0.39, 0.29) is 5.91 Å². The number of hydrogen-bond donors (Lipinski definition) is 3. The average Bonchev–Trinajstić information content (AvgIpc) is 2.90. The summed E-state index contributed by atoms with van der Waals surface area (Å²) in [5.74, 6) is -0.361. The summed E-state index contributed by atoms with van der Waals surface area (Å²) in [6, 6.07) is 9.63. The number of aromatic amines is 1. The molecule has 1 aliphatic rings. The number of nitrogens with one attached hydrogen (secondary N) is 1. The van der Waals surface area contributed by atoms with Crippen LogP contribution in [-0.4, -0.2) is 10.9 Å². The van der Waals surface area contributed by atoms with E-state index in [1.165, 1.54) is 4.90 Å². The van der Waals surface area contributed by atoms with Gasteiger partial charge in [0.15, 0.2) is 0 Å². The minimum absolute atomic E-state index is 0.361. The first-order valence-electron chi connectivity index (χ1n) is 5.31. The molecule has 0 radical (unpaired) electrons. The minimum atomic E-state index is -0.585. The molecule has 0 saturated carbocycles. The largest absolute Gasteiger partial charge is 0.366 e. The lowest BCUT2D eigenvalue weighted by Crippen LogP contribution is -2.12. The SMILES string of the molecule is NC(=O)c1ccccc1[SH]1C=Cc2[nH]ccc21. The third-order valence-corrected chi connectivity index (χ3v) is 5.10. The highest BCUT2D eigenvalue weighted by Gasteiger charge is 2.20. The van der Waals surface area contributed by atoms with Crippen molar-refractivity contribution in [3.8, 4) is 0 Å². The third-order valence-electron chi connectivity index (χ3n) is 2.83. The van der Waals surface area contributed by atoms with E-state index in [1.54, 1.807) is 6.07 Å². The van der Waals surface area contributed by atoms with Crippen LogP contribution in [0, 0.1) is 0 Å². The predicted octanol–water partition coefficient (Wildman–Crippen LogP) is 2.52. The molecule has 0 bridgehead atoms. The van der Waals surface area contributed by atoms with Crippen LogP contribution in [0.25, 0.3) is 6.08 Å². The van der Waals surface area contributed by atoms with Crippen molar-refractivity contribution in [1.82, 2.24) is 4.98 Å². The monoisotopic (exact) mass is 244 g/mol. The predicted molar refractivity (Wildman–Crippen MR) is 70.3 cm³/mol. The molecule has 86 valence electrons. The quantitative estimate of drug-likeness (QED) is 0.698. The Bertz CT molecular complexity index is 615. The minimum Gasteiger partial charge on any atom is -0.366 e. The van der Waals surface area contributed by atoms with Gasteiger partial charge in [-0.05, 0) is 29.7 Å². The van der Waals surface area contributed by atoms with Gasteiger partial charge in [-0.2, -0.15) is 10.9 Å². The molecule has 1 amide bonds. The Balaban J connectivity index is 2.13. The number of H-pyrrole nitrogens is 1. The van der Waals surface area contributed by atoms with Gasteiger partial charge in [-0.25, -0.2) is 0 Å². The summed E-state index contributed by atoms with van der Waals surface area (Å²) >= 11 is 0. The van der Waals surface area contributed by atoms with Crippen molar-refractivity contribution in [3.05, 3.63) is 53.2 Å². The molecule has 0 spiro atoms. The van der Waals surface area contributed by atoms with Gasteiger partial charge in [-0.1, -0.05) is 12.1 Å². The zero-order valence-corrected chi connectivity index (χ0v) is 9.95. The van der Waals surface area contributed by atoms with Crippen molar-refractivity contribution >= 4 is 22.9 Å². The molecule has 3 N–H and O–H groups in total. The molecule has 1 aromatic heterocycles. The Morgan fingerprint density at radius 2 is 2.00 bits per heavy atom. The molecule has 1 atom stereocenters. The summed E-state index contributed by atoms with van der Waals surface area (Å²) < 4.78 is 0. The highest BCUT2D eigenvalue weighted by molar-refractivity contribution is 8.20. The lowest BCUT2D eigenvalue weighted by Gasteiger charge is -2.16. The van der Waals surface area contributed by atoms with Crippen molar-refractivity contribution in [1.29, 1.82) is 0 Å². The normalized spacial score (nSPS) is 19.2. The molecular weight excluding hydrogens is 232 g/mol. The fourth-order valence-corrected chi connectivity index (χ4v) is 4.25. The van der Waals surface area contributed by atoms with Crippen molar-refractivity contribution in [2.75, 3.05) is 0 Å². The van der Waals surface area contributed by atoms with E-state index in [0.717, 1.165) is 10.6 Å². The third kappa shape index (κ3) is 1.57. The van der Waals surface area contributed by atoms with E-state index in [1.807, 2.05) is 24.4 Å².